The molecule has 1 heterocycles. The summed E-state index contributed by atoms with van der Waals surface area (Å²) >= 11 is 0. The molecule has 0 aliphatic carbocycles. The van der Waals surface area contributed by atoms with Gasteiger partial charge in [-0.25, -0.2) is 0 Å². The molecule has 0 atom stereocenters. The maximum Gasteiger partial charge on any atom is 0.181 e. The molecule has 0 aliphatic heterocycles. The van der Waals surface area contributed by atoms with Crippen LogP contribution in [0.1, 0.15) is 35.8 Å². The van der Waals surface area contributed by atoms with Crippen molar-refractivity contribution >= 4 is 5.78 Å². The Morgan fingerprint density at radius 3 is 2.47 bits per heavy atom. The number of Topliss-reactive ketones (excluding diaryl/α,β-unsaturated/α-hetero) is 1. The van der Waals surface area contributed by atoms with Crippen LogP contribution in [0.5, 0.6) is 5.75 Å². The molecule has 2 aromatic rings. The molecular formula is C16H17NO2. The number of hydrogen-bond acceptors (Lipinski definition) is 3. The number of rotatable bonds is 4. The molecule has 19 heavy (non-hydrogen) atoms. The molecule has 0 saturated carbocycles. The lowest BCUT2D eigenvalue weighted by Gasteiger charge is -2.07. The maximum absolute atomic E-state index is 11.9. The van der Waals surface area contributed by atoms with Gasteiger partial charge in [-0.2, -0.15) is 0 Å². The third kappa shape index (κ3) is 2.99. The maximum atomic E-state index is 11.9. The van der Waals surface area contributed by atoms with E-state index < -0.39 is 0 Å². The number of nitrogens with zero attached hydrogens (tertiary/aromatic N) is 1. The molecule has 0 bridgehead atoms. The number of ketones is 1. The standard InChI is InChI=1S/C16H17NO2/c1-3-4-15(19)16-11(2)9-13(10-17-16)12-5-7-14(18)8-6-12/h5-10,18H,3-4H2,1-2H3. The average Bonchev–Trinajstić information content (AvgIpc) is 2.39. The molecule has 0 aliphatic rings. The van der Waals surface area contributed by atoms with Crippen LogP contribution in [0.15, 0.2) is 36.5 Å². The van der Waals surface area contributed by atoms with Gasteiger partial charge in [0.2, 0.25) is 0 Å². The smallest absolute Gasteiger partial charge is 0.181 e. The molecule has 0 radical (unpaired) electrons. The Labute approximate surface area is 112 Å². The summed E-state index contributed by atoms with van der Waals surface area (Å²) in [4.78, 5) is 16.1. The number of pyridine rings is 1. The fourth-order valence-corrected chi connectivity index (χ4v) is 2.02. The topological polar surface area (TPSA) is 50.2 Å². The van der Waals surface area contributed by atoms with E-state index >= 15 is 0 Å². The SMILES string of the molecule is CCCC(=O)c1ncc(-c2ccc(O)cc2)cc1C. The van der Waals surface area contributed by atoms with Gasteiger partial charge in [-0.15, -0.1) is 0 Å². The van der Waals surface area contributed by atoms with E-state index in [9.17, 15) is 9.90 Å². The fourth-order valence-electron chi connectivity index (χ4n) is 2.02. The summed E-state index contributed by atoms with van der Waals surface area (Å²) in [5.41, 5.74) is 3.38. The highest BCUT2D eigenvalue weighted by molar-refractivity contribution is 5.95. The molecule has 1 aromatic carbocycles. The summed E-state index contributed by atoms with van der Waals surface area (Å²) in [5, 5.41) is 9.27. The van der Waals surface area contributed by atoms with Crippen LogP contribution in [0.2, 0.25) is 0 Å². The van der Waals surface area contributed by atoms with E-state index in [4.69, 9.17) is 0 Å². The fraction of sp³-hybridized carbons (Fsp3) is 0.250. The quantitative estimate of drug-likeness (QED) is 0.846. The van der Waals surface area contributed by atoms with Crippen LogP contribution in [-0.2, 0) is 0 Å². The lowest BCUT2D eigenvalue weighted by atomic mass is 10.0. The van der Waals surface area contributed by atoms with E-state index in [0.717, 1.165) is 23.1 Å². The Morgan fingerprint density at radius 1 is 1.21 bits per heavy atom. The van der Waals surface area contributed by atoms with Crippen LogP contribution in [0.25, 0.3) is 11.1 Å². The minimum absolute atomic E-state index is 0.0947. The number of aromatic hydroxyl groups is 1. The molecule has 0 amide bonds. The lowest BCUT2D eigenvalue weighted by molar-refractivity contribution is 0.0976. The molecule has 0 saturated heterocycles. The van der Waals surface area contributed by atoms with Gasteiger partial charge in [-0.05, 0) is 42.7 Å². The van der Waals surface area contributed by atoms with Gasteiger partial charge >= 0.3 is 0 Å². The number of phenolic OH excluding ortho intramolecular Hbond substituents is 1. The summed E-state index contributed by atoms with van der Waals surface area (Å²) in [7, 11) is 0. The van der Waals surface area contributed by atoms with Gasteiger partial charge in [0.25, 0.3) is 0 Å². The molecule has 1 N–H and O–H groups in total. The Hall–Kier alpha value is -2.16. The predicted octanol–water partition coefficient (Wildman–Crippen LogP) is 3.75. The first-order valence-corrected chi connectivity index (χ1v) is 6.41. The zero-order valence-corrected chi connectivity index (χ0v) is 11.2. The van der Waals surface area contributed by atoms with Crippen molar-refractivity contribution in [2.24, 2.45) is 0 Å². The molecule has 1 aromatic heterocycles. The van der Waals surface area contributed by atoms with Crippen molar-refractivity contribution in [1.29, 1.82) is 0 Å². The van der Waals surface area contributed by atoms with Crippen LogP contribution in [0.3, 0.4) is 0 Å². The second-order valence-corrected chi connectivity index (χ2v) is 4.61. The number of aryl methyl sites for hydroxylation is 1. The number of carbonyl (C=O) groups is 1. The van der Waals surface area contributed by atoms with E-state index in [2.05, 4.69) is 4.98 Å². The molecule has 0 unspecified atom stereocenters. The van der Waals surface area contributed by atoms with Gasteiger partial charge in [-0.3, -0.25) is 9.78 Å². The normalized spacial score (nSPS) is 10.4. The van der Waals surface area contributed by atoms with E-state index in [1.807, 2.05) is 32.0 Å². The number of aromatic nitrogens is 1. The van der Waals surface area contributed by atoms with Crippen molar-refractivity contribution in [3.05, 3.63) is 47.8 Å². The Kier molecular flexibility index (Phi) is 3.95. The van der Waals surface area contributed by atoms with Gasteiger partial charge in [0, 0.05) is 18.2 Å². The summed E-state index contributed by atoms with van der Waals surface area (Å²) in [6.45, 7) is 3.89. The summed E-state index contributed by atoms with van der Waals surface area (Å²) in [6.07, 6.45) is 3.08. The molecule has 2 rings (SSSR count). The van der Waals surface area contributed by atoms with E-state index in [1.54, 1.807) is 18.3 Å². The molecular weight excluding hydrogens is 238 g/mol. The highest BCUT2D eigenvalue weighted by atomic mass is 16.3. The minimum atomic E-state index is 0.0947. The van der Waals surface area contributed by atoms with E-state index in [1.165, 1.54) is 0 Å². The van der Waals surface area contributed by atoms with E-state index in [-0.39, 0.29) is 11.5 Å². The highest BCUT2D eigenvalue weighted by Gasteiger charge is 2.10. The van der Waals surface area contributed by atoms with Crippen molar-refractivity contribution in [3.8, 4) is 16.9 Å². The van der Waals surface area contributed by atoms with Crippen molar-refractivity contribution in [2.75, 3.05) is 0 Å². The van der Waals surface area contributed by atoms with Gasteiger partial charge in [-0.1, -0.05) is 19.1 Å². The van der Waals surface area contributed by atoms with Gasteiger partial charge in [0.1, 0.15) is 11.4 Å². The van der Waals surface area contributed by atoms with Crippen LogP contribution in [-0.4, -0.2) is 15.9 Å². The summed E-state index contributed by atoms with van der Waals surface area (Å²) < 4.78 is 0. The summed E-state index contributed by atoms with van der Waals surface area (Å²) in [6, 6.07) is 8.91. The van der Waals surface area contributed by atoms with Gasteiger partial charge in [0.15, 0.2) is 5.78 Å². The third-order valence-corrected chi connectivity index (χ3v) is 3.02. The first-order valence-electron chi connectivity index (χ1n) is 6.41. The van der Waals surface area contributed by atoms with E-state index in [0.29, 0.717) is 12.1 Å². The lowest BCUT2D eigenvalue weighted by Crippen LogP contribution is -2.04. The molecule has 98 valence electrons. The second kappa shape index (κ2) is 5.65. The average molecular weight is 255 g/mol. The van der Waals surface area contributed by atoms with Crippen molar-refractivity contribution in [1.82, 2.24) is 4.98 Å². The Morgan fingerprint density at radius 2 is 1.89 bits per heavy atom. The number of carbonyl (C=O) groups excluding carboxylic acids is 1. The molecule has 3 nitrogen and oxygen atoms in total. The summed E-state index contributed by atoms with van der Waals surface area (Å²) in [5.74, 6) is 0.334. The van der Waals surface area contributed by atoms with Crippen molar-refractivity contribution in [2.45, 2.75) is 26.7 Å². The van der Waals surface area contributed by atoms with Gasteiger partial charge in [0.05, 0.1) is 0 Å². The number of hydrogen-bond donors (Lipinski definition) is 1. The first-order chi connectivity index (χ1) is 9.11. The van der Waals surface area contributed by atoms with Crippen molar-refractivity contribution < 1.29 is 9.90 Å². The largest absolute Gasteiger partial charge is 0.508 e. The van der Waals surface area contributed by atoms with Crippen LogP contribution < -0.4 is 0 Å². The minimum Gasteiger partial charge on any atom is -0.508 e. The zero-order valence-electron chi connectivity index (χ0n) is 11.2. The first kappa shape index (κ1) is 13.3. The van der Waals surface area contributed by atoms with Crippen LogP contribution in [0.4, 0.5) is 0 Å². The Balaban J connectivity index is 2.33. The van der Waals surface area contributed by atoms with Crippen molar-refractivity contribution in [3.63, 3.8) is 0 Å². The van der Waals surface area contributed by atoms with Crippen LogP contribution >= 0.6 is 0 Å². The second-order valence-electron chi connectivity index (χ2n) is 4.61. The zero-order chi connectivity index (χ0) is 13.8. The highest BCUT2D eigenvalue weighted by Crippen LogP contribution is 2.23. The number of phenols is 1. The molecule has 0 spiro atoms. The molecule has 0 fully saturated rings. The monoisotopic (exact) mass is 255 g/mol. The number of benzene rings is 1. The van der Waals surface area contributed by atoms with Crippen LogP contribution in [0, 0.1) is 6.92 Å². The predicted molar refractivity (Wildman–Crippen MR) is 75.3 cm³/mol. The Bertz CT molecular complexity index is 588. The molecule has 3 heteroatoms. The third-order valence-electron chi connectivity index (χ3n) is 3.02. The van der Waals surface area contributed by atoms with Gasteiger partial charge < -0.3 is 5.11 Å².